The molecule has 0 aromatic rings. The molecule has 3 atom stereocenters. The van der Waals surface area contributed by atoms with Crippen molar-refractivity contribution in [2.45, 2.75) is 289 Å². The van der Waals surface area contributed by atoms with Gasteiger partial charge in [-0.05, 0) is 25.7 Å². The zero-order chi connectivity index (χ0) is 39.6. The summed E-state index contributed by atoms with van der Waals surface area (Å²) < 4.78 is 5.92. The number of carbonyl (C=O) groups is 2. The number of hydrogen-bond acceptors (Lipinski definition) is 5. The van der Waals surface area contributed by atoms with Gasteiger partial charge in [0.1, 0.15) is 6.10 Å². The van der Waals surface area contributed by atoms with Crippen LogP contribution in [-0.2, 0) is 14.3 Å². The van der Waals surface area contributed by atoms with Crippen molar-refractivity contribution >= 4 is 11.9 Å². The SMILES string of the molecule is CCCCCCCCCCCCCCCC(CC(=O)NC(CO)C(O)CCCCCCCCCCCCC)OC(=O)CCCCCCCCCCCCC. The van der Waals surface area contributed by atoms with E-state index in [1.54, 1.807) is 0 Å². The second-order valence-electron chi connectivity index (χ2n) is 16.9. The number of hydrogen-bond donors (Lipinski definition) is 3. The molecule has 6 nitrogen and oxygen atoms in total. The Bertz CT molecular complexity index is 776. The van der Waals surface area contributed by atoms with Crippen molar-refractivity contribution in [2.24, 2.45) is 0 Å². The van der Waals surface area contributed by atoms with Crippen LogP contribution in [0, 0.1) is 0 Å². The molecule has 0 aromatic carbocycles. The third-order valence-corrected chi connectivity index (χ3v) is 11.4. The van der Waals surface area contributed by atoms with Crippen molar-refractivity contribution in [1.82, 2.24) is 5.32 Å². The van der Waals surface area contributed by atoms with E-state index in [1.807, 2.05) is 0 Å². The number of aliphatic hydroxyl groups is 2. The maximum absolute atomic E-state index is 13.1. The minimum absolute atomic E-state index is 0.0872. The number of esters is 1. The zero-order valence-corrected chi connectivity index (χ0v) is 36.6. The molecule has 0 radical (unpaired) electrons. The van der Waals surface area contributed by atoms with Gasteiger partial charge >= 0.3 is 5.97 Å². The minimum Gasteiger partial charge on any atom is -0.462 e. The predicted molar refractivity (Wildman–Crippen MR) is 232 cm³/mol. The molecule has 54 heavy (non-hydrogen) atoms. The smallest absolute Gasteiger partial charge is 0.306 e. The summed E-state index contributed by atoms with van der Waals surface area (Å²) in [6.07, 6.45) is 44.4. The summed E-state index contributed by atoms with van der Waals surface area (Å²) in [5.74, 6) is -0.456. The first-order valence-corrected chi connectivity index (χ1v) is 24.3. The van der Waals surface area contributed by atoms with E-state index in [4.69, 9.17) is 4.74 Å². The van der Waals surface area contributed by atoms with E-state index in [0.717, 1.165) is 44.9 Å². The lowest BCUT2D eigenvalue weighted by molar-refractivity contribution is -0.151. The summed E-state index contributed by atoms with van der Waals surface area (Å²) in [4.78, 5) is 26.0. The molecule has 0 bridgehead atoms. The fourth-order valence-electron chi connectivity index (χ4n) is 7.73. The molecule has 1 amide bonds. The molecule has 6 heteroatoms. The molecule has 3 N–H and O–H groups in total. The van der Waals surface area contributed by atoms with Gasteiger partial charge < -0.3 is 20.3 Å². The largest absolute Gasteiger partial charge is 0.462 e. The summed E-state index contributed by atoms with van der Waals surface area (Å²) in [6, 6.07) is -0.690. The summed E-state index contributed by atoms with van der Waals surface area (Å²) in [6.45, 7) is 6.48. The first kappa shape index (κ1) is 52.9. The van der Waals surface area contributed by atoms with Crippen molar-refractivity contribution in [3.05, 3.63) is 0 Å². The Morgan fingerprint density at radius 1 is 0.463 bits per heavy atom. The Hall–Kier alpha value is -1.14. The normalized spacial score (nSPS) is 13.2. The number of rotatable bonds is 44. The van der Waals surface area contributed by atoms with Crippen LogP contribution in [-0.4, -0.2) is 46.9 Å². The lowest BCUT2D eigenvalue weighted by Gasteiger charge is -2.24. The fraction of sp³-hybridized carbons (Fsp3) is 0.958. The fourth-order valence-corrected chi connectivity index (χ4v) is 7.73. The molecule has 0 aromatic heterocycles. The van der Waals surface area contributed by atoms with E-state index >= 15 is 0 Å². The Kier molecular flexibility index (Phi) is 42.1. The van der Waals surface area contributed by atoms with Crippen molar-refractivity contribution in [3.8, 4) is 0 Å². The number of unbranched alkanes of at least 4 members (excludes halogenated alkanes) is 32. The highest BCUT2D eigenvalue weighted by Crippen LogP contribution is 2.18. The molecule has 322 valence electrons. The van der Waals surface area contributed by atoms with Crippen LogP contribution < -0.4 is 5.32 Å². The molecule has 0 aliphatic carbocycles. The second-order valence-corrected chi connectivity index (χ2v) is 16.9. The molecular formula is C48H95NO5. The summed E-state index contributed by atoms with van der Waals surface area (Å²) in [7, 11) is 0. The van der Waals surface area contributed by atoms with Crippen molar-refractivity contribution in [3.63, 3.8) is 0 Å². The standard InChI is InChI=1S/C48H95NO5/c1-4-7-10-13-16-19-22-23-26-27-30-33-36-39-44(54-48(53)41-38-35-32-29-25-21-18-15-12-9-6-3)42-47(52)49-45(43-50)46(51)40-37-34-31-28-24-20-17-14-11-8-5-2/h44-46,50-51H,4-43H2,1-3H3,(H,49,52). The topological polar surface area (TPSA) is 95.9 Å². The highest BCUT2D eigenvalue weighted by Gasteiger charge is 2.24. The average Bonchev–Trinajstić information content (AvgIpc) is 3.16. The molecule has 0 saturated carbocycles. The third-order valence-electron chi connectivity index (χ3n) is 11.4. The van der Waals surface area contributed by atoms with Crippen LogP contribution in [0.4, 0.5) is 0 Å². The van der Waals surface area contributed by atoms with Crippen LogP contribution in [0.15, 0.2) is 0 Å². The number of aliphatic hydroxyl groups excluding tert-OH is 2. The molecule has 0 heterocycles. The highest BCUT2D eigenvalue weighted by atomic mass is 16.5. The van der Waals surface area contributed by atoms with E-state index in [0.29, 0.717) is 19.3 Å². The van der Waals surface area contributed by atoms with Crippen LogP contribution in [0.2, 0.25) is 0 Å². The van der Waals surface area contributed by atoms with Gasteiger partial charge in [0, 0.05) is 6.42 Å². The lowest BCUT2D eigenvalue weighted by Crippen LogP contribution is -2.46. The first-order valence-electron chi connectivity index (χ1n) is 24.3. The van der Waals surface area contributed by atoms with Crippen molar-refractivity contribution in [2.75, 3.05) is 6.61 Å². The van der Waals surface area contributed by atoms with Crippen LogP contribution in [0.25, 0.3) is 0 Å². The van der Waals surface area contributed by atoms with Crippen LogP contribution in [0.3, 0.4) is 0 Å². The van der Waals surface area contributed by atoms with Gasteiger partial charge in [-0.25, -0.2) is 0 Å². The number of carbonyl (C=O) groups excluding carboxylic acids is 2. The van der Waals surface area contributed by atoms with Gasteiger partial charge in [-0.15, -0.1) is 0 Å². The first-order chi connectivity index (χ1) is 26.5. The van der Waals surface area contributed by atoms with Gasteiger partial charge in [-0.1, -0.05) is 233 Å². The van der Waals surface area contributed by atoms with Gasteiger partial charge in [-0.3, -0.25) is 9.59 Å². The molecule has 0 rings (SSSR count). The number of nitrogens with one attached hydrogen (secondary N) is 1. The van der Waals surface area contributed by atoms with Gasteiger partial charge in [0.05, 0.1) is 25.2 Å². The van der Waals surface area contributed by atoms with E-state index in [-0.39, 0.29) is 24.9 Å². The summed E-state index contributed by atoms with van der Waals surface area (Å²) in [5.41, 5.74) is 0. The van der Waals surface area contributed by atoms with E-state index < -0.39 is 18.2 Å². The van der Waals surface area contributed by atoms with E-state index in [1.165, 1.54) is 180 Å². The third kappa shape index (κ3) is 37.8. The van der Waals surface area contributed by atoms with Crippen LogP contribution in [0.5, 0.6) is 0 Å². The molecule has 3 unspecified atom stereocenters. The quantitative estimate of drug-likeness (QED) is 0.0424. The van der Waals surface area contributed by atoms with Crippen molar-refractivity contribution < 1.29 is 24.5 Å². The lowest BCUT2D eigenvalue weighted by atomic mass is 10.0. The van der Waals surface area contributed by atoms with Gasteiger partial charge in [0.25, 0.3) is 0 Å². The molecule has 0 aliphatic heterocycles. The van der Waals surface area contributed by atoms with E-state index in [9.17, 15) is 19.8 Å². The second kappa shape index (κ2) is 43.0. The number of ether oxygens (including phenoxy) is 1. The van der Waals surface area contributed by atoms with E-state index in [2.05, 4.69) is 26.1 Å². The van der Waals surface area contributed by atoms with Crippen LogP contribution >= 0.6 is 0 Å². The summed E-state index contributed by atoms with van der Waals surface area (Å²) in [5, 5.41) is 23.7. The molecule has 0 spiro atoms. The maximum Gasteiger partial charge on any atom is 0.306 e. The predicted octanol–water partition coefficient (Wildman–Crippen LogP) is 14.0. The molecule has 0 fully saturated rings. The maximum atomic E-state index is 13.1. The molecule has 0 aliphatic rings. The minimum atomic E-state index is -0.777. The number of amides is 1. The average molecular weight is 766 g/mol. The Morgan fingerprint density at radius 2 is 0.778 bits per heavy atom. The van der Waals surface area contributed by atoms with Gasteiger partial charge in [-0.2, -0.15) is 0 Å². The van der Waals surface area contributed by atoms with Crippen LogP contribution in [0.1, 0.15) is 271 Å². The van der Waals surface area contributed by atoms with Gasteiger partial charge in [0.2, 0.25) is 5.91 Å². The Morgan fingerprint density at radius 3 is 1.13 bits per heavy atom. The molecule has 0 saturated heterocycles. The Labute approximate surface area is 336 Å². The molecular weight excluding hydrogens is 671 g/mol. The summed E-state index contributed by atoms with van der Waals surface area (Å²) >= 11 is 0. The van der Waals surface area contributed by atoms with Crippen molar-refractivity contribution in [1.29, 1.82) is 0 Å². The van der Waals surface area contributed by atoms with Gasteiger partial charge in [0.15, 0.2) is 0 Å². The zero-order valence-electron chi connectivity index (χ0n) is 36.6. The highest BCUT2D eigenvalue weighted by molar-refractivity contribution is 5.77. The monoisotopic (exact) mass is 766 g/mol. The Balaban J connectivity index is 4.54.